The summed E-state index contributed by atoms with van der Waals surface area (Å²) >= 11 is 5.89. The van der Waals surface area contributed by atoms with Crippen LogP contribution in [0.5, 0.6) is 0 Å². The van der Waals surface area contributed by atoms with Crippen molar-refractivity contribution in [3.63, 3.8) is 0 Å². The van der Waals surface area contributed by atoms with Crippen LogP contribution in [-0.2, 0) is 0 Å². The summed E-state index contributed by atoms with van der Waals surface area (Å²) in [6.45, 7) is 4.60. The molecule has 2 bridgehead atoms. The first-order valence-corrected chi connectivity index (χ1v) is 8.04. The van der Waals surface area contributed by atoms with Crippen molar-refractivity contribution < 1.29 is 0 Å². The molecule has 2 heterocycles. The first-order valence-electron chi connectivity index (χ1n) is 7.66. The molecule has 0 saturated carbocycles. The van der Waals surface area contributed by atoms with E-state index in [1.165, 1.54) is 32.4 Å². The molecular weight excluding hydrogens is 270 g/mol. The smallest absolute Gasteiger partial charge is 0.0407 e. The van der Waals surface area contributed by atoms with Gasteiger partial charge in [-0.05, 0) is 57.1 Å². The molecule has 0 spiro atoms. The van der Waals surface area contributed by atoms with E-state index in [9.17, 15) is 0 Å². The molecule has 0 aliphatic carbocycles. The summed E-state index contributed by atoms with van der Waals surface area (Å²) in [6, 6.07) is 9.56. The number of benzene rings is 1. The van der Waals surface area contributed by atoms with E-state index < -0.39 is 0 Å². The fraction of sp³-hybridized carbons (Fsp3) is 0.625. The second kappa shape index (κ2) is 6.33. The molecule has 2 saturated heterocycles. The molecule has 0 aromatic heterocycles. The van der Waals surface area contributed by atoms with Crippen molar-refractivity contribution in [1.29, 1.82) is 0 Å². The van der Waals surface area contributed by atoms with Crippen LogP contribution in [0.25, 0.3) is 0 Å². The van der Waals surface area contributed by atoms with Crippen LogP contribution in [0.1, 0.15) is 19.3 Å². The number of halogens is 1. The molecule has 20 heavy (non-hydrogen) atoms. The largest absolute Gasteiger partial charge is 0.384 e. The van der Waals surface area contributed by atoms with E-state index >= 15 is 0 Å². The minimum atomic E-state index is 0.776. The molecule has 0 radical (unpaired) electrons. The Morgan fingerprint density at radius 3 is 2.70 bits per heavy atom. The first kappa shape index (κ1) is 14.2. The molecule has 2 aliphatic rings. The lowest BCUT2D eigenvalue weighted by Gasteiger charge is -2.25. The highest BCUT2D eigenvalue weighted by atomic mass is 35.5. The highest BCUT2D eigenvalue weighted by Crippen LogP contribution is 2.28. The summed E-state index contributed by atoms with van der Waals surface area (Å²) in [5.41, 5.74) is 1.16. The predicted molar refractivity (Wildman–Crippen MR) is 85.6 cm³/mol. The van der Waals surface area contributed by atoms with Gasteiger partial charge in [-0.25, -0.2) is 0 Å². The lowest BCUT2D eigenvalue weighted by Crippen LogP contribution is -2.38. The quantitative estimate of drug-likeness (QED) is 0.921. The predicted octanol–water partition coefficient (Wildman–Crippen LogP) is 2.92. The van der Waals surface area contributed by atoms with Gasteiger partial charge in [0.15, 0.2) is 0 Å². The highest BCUT2D eigenvalue weighted by Gasteiger charge is 2.34. The van der Waals surface area contributed by atoms with E-state index in [1.54, 1.807) is 0 Å². The maximum absolute atomic E-state index is 5.89. The Balaban J connectivity index is 1.46. The minimum absolute atomic E-state index is 0.776. The van der Waals surface area contributed by atoms with Crippen molar-refractivity contribution in [2.24, 2.45) is 0 Å². The van der Waals surface area contributed by atoms with Crippen molar-refractivity contribution in [2.45, 2.75) is 31.3 Å². The number of anilines is 1. The topological polar surface area (TPSA) is 18.5 Å². The van der Waals surface area contributed by atoms with E-state index in [-0.39, 0.29) is 0 Å². The second-order valence-corrected chi connectivity index (χ2v) is 6.51. The van der Waals surface area contributed by atoms with Gasteiger partial charge in [0.25, 0.3) is 0 Å². The van der Waals surface area contributed by atoms with Gasteiger partial charge in [0.05, 0.1) is 0 Å². The van der Waals surface area contributed by atoms with Crippen LogP contribution in [0.15, 0.2) is 24.3 Å². The van der Waals surface area contributed by atoms with Crippen LogP contribution in [0.2, 0.25) is 5.02 Å². The van der Waals surface area contributed by atoms with Gasteiger partial charge < -0.3 is 5.32 Å². The molecule has 1 aromatic rings. The monoisotopic (exact) mass is 293 g/mol. The Kier molecular flexibility index (Phi) is 4.49. The molecule has 2 fully saturated rings. The number of rotatable bonds is 4. The van der Waals surface area contributed by atoms with Crippen molar-refractivity contribution >= 4 is 17.3 Å². The van der Waals surface area contributed by atoms with Crippen LogP contribution in [-0.4, -0.2) is 55.1 Å². The fourth-order valence-electron chi connectivity index (χ4n) is 3.51. The standard InChI is InChI=1S/C16H24ClN3/c1-19-15-6-7-16(19)12-20(10-8-15)11-9-18-14-4-2-13(17)3-5-14/h2-5,15-16,18H,6-12H2,1H3. The van der Waals surface area contributed by atoms with E-state index in [0.29, 0.717) is 0 Å². The molecule has 2 unspecified atom stereocenters. The third kappa shape index (κ3) is 3.27. The third-order valence-electron chi connectivity index (χ3n) is 4.83. The zero-order valence-electron chi connectivity index (χ0n) is 12.2. The SMILES string of the molecule is CN1C2CCC1CN(CCNc1ccc(Cl)cc1)CC2. The maximum Gasteiger partial charge on any atom is 0.0407 e. The average molecular weight is 294 g/mol. The molecule has 2 atom stereocenters. The first-order chi connectivity index (χ1) is 9.72. The van der Waals surface area contributed by atoms with Crippen LogP contribution < -0.4 is 5.32 Å². The van der Waals surface area contributed by atoms with Gasteiger partial charge >= 0.3 is 0 Å². The number of likely N-dealkylation sites (N-methyl/N-ethyl adjacent to an activating group) is 1. The van der Waals surface area contributed by atoms with Gasteiger partial charge in [-0.3, -0.25) is 9.80 Å². The third-order valence-corrected chi connectivity index (χ3v) is 5.09. The van der Waals surface area contributed by atoms with E-state index in [1.807, 2.05) is 24.3 Å². The van der Waals surface area contributed by atoms with Crippen LogP contribution in [0.4, 0.5) is 5.69 Å². The van der Waals surface area contributed by atoms with Crippen molar-refractivity contribution in [1.82, 2.24) is 9.80 Å². The summed E-state index contributed by atoms with van der Waals surface area (Å²) < 4.78 is 0. The Bertz CT molecular complexity index is 434. The second-order valence-electron chi connectivity index (χ2n) is 6.07. The summed E-state index contributed by atoms with van der Waals surface area (Å²) in [6.07, 6.45) is 4.11. The summed E-state index contributed by atoms with van der Waals surface area (Å²) in [7, 11) is 2.30. The van der Waals surface area contributed by atoms with E-state index in [4.69, 9.17) is 11.6 Å². The zero-order valence-corrected chi connectivity index (χ0v) is 12.9. The highest BCUT2D eigenvalue weighted by molar-refractivity contribution is 6.30. The van der Waals surface area contributed by atoms with Crippen LogP contribution in [0, 0.1) is 0 Å². The zero-order chi connectivity index (χ0) is 13.9. The average Bonchev–Trinajstić information content (AvgIpc) is 2.68. The molecule has 3 nitrogen and oxygen atoms in total. The number of likely N-dealkylation sites (tertiary alicyclic amines) is 1. The molecule has 3 rings (SSSR count). The Hall–Kier alpha value is -0.770. The Morgan fingerprint density at radius 1 is 1.15 bits per heavy atom. The van der Waals surface area contributed by atoms with Gasteiger partial charge in [-0.15, -0.1) is 0 Å². The summed E-state index contributed by atoms with van der Waals surface area (Å²) in [4.78, 5) is 5.22. The molecule has 4 heteroatoms. The van der Waals surface area contributed by atoms with Gasteiger partial charge in [0.2, 0.25) is 0 Å². The van der Waals surface area contributed by atoms with E-state index in [0.717, 1.165) is 35.9 Å². The number of nitrogens with one attached hydrogen (secondary N) is 1. The summed E-state index contributed by atoms with van der Waals surface area (Å²) in [5, 5.41) is 4.27. The molecular formula is C16H24ClN3. The molecule has 2 aliphatic heterocycles. The number of hydrogen-bond acceptors (Lipinski definition) is 3. The minimum Gasteiger partial charge on any atom is -0.384 e. The normalized spacial score (nSPS) is 27.5. The van der Waals surface area contributed by atoms with E-state index in [2.05, 4.69) is 22.2 Å². The van der Waals surface area contributed by atoms with Gasteiger partial charge in [-0.1, -0.05) is 11.6 Å². The lowest BCUT2D eigenvalue weighted by molar-refractivity contribution is 0.223. The Morgan fingerprint density at radius 2 is 1.90 bits per heavy atom. The maximum atomic E-state index is 5.89. The number of fused-ring (bicyclic) bond motifs is 2. The molecule has 110 valence electrons. The molecule has 1 N–H and O–H groups in total. The lowest BCUT2D eigenvalue weighted by atomic mass is 10.1. The number of nitrogens with zero attached hydrogens (tertiary/aromatic N) is 2. The van der Waals surface area contributed by atoms with Crippen molar-refractivity contribution in [2.75, 3.05) is 38.5 Å². The van der Waals surface area contributed by atoms with Gasteiger partial charge in [0, 0.05) is 42.4 Å². The molecule has 1 aromatic carbocycles. The van der Waals surface area contributed by atoms with Crippen molar-refractivity contribution in [3.8, 4) is 0 Å². The van der Waals surface area contributed by atoms with Crippen LogP contribution in [0.3, 0.4) is 0 Å². The van der Waals surface area contributed by atoms with Crippen LogP contribution >= 0.6 is 11.6 Å². The fourth-order valence-corrected chi connectivity index (χ4v) is 3.63. The number of hydrogen-bond donors (Lipinski definition) is 1. The Labute approximate surface area is 126 Å². The van der Waals surface area contributed by atoms with Crippen molar-refractivity contribution in [3.05, 3.63) is 29.3 Å². The molecule has 0 amide bonds. The van der Waals surface area contributed by atoms with Gasteiger partial charge in [-0.2, -0.15) is 0 Å². The van der Waals surface area contributed by atoms with Gasteiger partial charge in [0.1, 0.15) is 0 Å². The summed E-state index contributed by atoms with van der Waals surface area (Å²) in [5.74, 6) is 0.